The van der Waals surface area contributed by atoms with Crippen molar-refractivity contribution < 1.29 is 9.92 Å². The molecule has 0 spiro atoms. The zero-order valence-electron chi connectivity index (χ0n) is 10.2. The molecule has 0 atom stereocenters. The van der Waals surface area contributed by atoms with Crippen LogP contribution in [-0.4, -0.2) is 5.09 Å². The Morgan fingerprint density at radius 2 is 1.74 bits per heavy atom. The summed E-state index contributed by atoms with van der Waals surface area (Å²) in [5.74, 6) is 0.227. The Morgan fingerprint density at radius 3 is 2.37 bits per heavy atom. The summed E-state index contributed by atoms with van der Waals surface area (Å²) in [5.41, 5.74) is 2.22. The van der Waals surface area contributed by atoms with E-state index in [1.54, 1.807) is 24.3 Å². The molecule has 0 heterocycles. The van der Waals surface area contributed by atoms with Gasteiger partial charge in [-0.15, -0.1) is 10.1 Å². The molecule has 2 aromatic carbocycles. The molecule has 0 fully saturated rings. The Hall–Kier alpha value is -2.62. The summed E-state index contributed by atoms with van der Waals surface area (Å²) < 4.78 is 0. The van der Waals surface area contributed by atoms with Gasteiger partial charge in [-0.1, -0.05) is 54.6 Å². The average Bonchev–Trinajstić information content (AvgIpc) is 2.41. The molecule has 4 heteroatoms. The summed E-state index contributed by atoms with van der Waals surface area (Å²) in [6, 6.07) is 16.8. The molecule has 0 aliphatic heterocycles. The van der Waals surface area contributed by atoms with Gasteiger partial charge >= 0.3 is 0 Å². The summed E-state index contributed by atoms with van der Waals surface area (Å²) >= 11 is 0. The maximum atomic E-state index is 10.2. The van der Waals surface area contributed by atoms with Gasteiger partial charge in [0.2, 0.25) is 0 Å². The molecule has 0 aromatic heterocycles. The van der Waals surface area contributed by atoms with Crippen LogP contribution in [0.3, 0.4) is 0 Å². The largest absolute Gasteiger partial charge is 0.299 e. The molecule has 2 aromatic rings. The van der Waals surface area contributed by atoms with Gasteiger partial charge in [0.1, 0.15) is 5.75 Å². The van der Waals surface area contributed by atoms with Gasteiger partial charge in [0, 0.05) is 0 Å². The lowest BCUT2D eigenvalue weighted by molar-refractivity contribution is -0.711. The first-order chi connectivity index (χ1) is 9.24. The van der Waals surface area contributed by atoms with E-state index < -0.39 is 5.09 Å². The first-order valence-corrected chi connectivity index (χ1v) is 5.87. The third-order valence-corrected chi connectivity index (χ3v) is 2.57. The second kappa shape index (κ2) is 6.35. The number of nitrogens with zero attached hydrogens (tertiary/aromatic N) is 1. The maximum Gasteiger partial charge on any atom is 0.299 e. The van der Waals surface area contributed by atoms with E-state index >= 15 is 0 Å². The molecule has 0 amide bonds. The van der Waals surface area contributed by atoms with Gasteiger partial charge in [0.05, 0.1) is 0 Å². The van der Waals surface area contributed by atoms with Crippen molar-refractivity contribution in [2.45, 2.75) is 6.42 Å². The number of hydrogen-bond acceptors (Lipinski definition) is 3. The quantitative estimate of drug-likeness (QED) is 0.606. The highest BCUT2D eigenvalue weighted by molar-refractivity contribution is 5.51. The predicted octanol–water partition coefficient (Wildman–Crippen LogP) is 3.51. The molecule has 0 saturated carbocycles. The highest BCUT2D eigenvalue weighted by Crippen LogP contribution is 2.13. The van der Waals surface area contributed by atoms with Crippen LogP contribution in [-0.2, 0) is 6.42 Å². The molecule has 0 radical (unpaired) electrons. The van der Waals surface area contributed by atoms with Crippen molar-refractivity contribution in [3.8, 4) is 5.75 Å². The van der Waals surface area contributed by atoms with Gasteiger partial charge in [0.15, 0.2) is 0 Å². The number of allylic oxidation sites excluding steroid dienone is 1. The first-order valence-electron chi connectivity index (χ1n) is 5.87. The lowest BCUT2D eigenvalue weighted by Gasteiger charge is -1.99. The molecule has 4 nitrogen and oxygen atoms in total. The van der Waals surface area contributed by atoms with Crippen molar-refractivity contribution in [3.63, 3.8) is 0 Å². The van der Waals surface area contributed by atoms with E-state index in [-0.39, 0.29) is 5.75 Å². The van der Waals surface area contributed by atoms with Gasteiger partial charge in [-0.05, 0) is 29.7 Å². The zero-order chi connectivity index (χ0) is 13.5. The van der Waals surface area contributed by atoms with E-state index in [0.29, 0.717) is 0 Å². The van der Waals surface area contributed by atoms with Gasteiger partial charge in [-0.25, -0.2) is 0 Å². The topological polar surface area (TPSA) is 52.4 Å². The van der Waals surface area contributed by atoms with E-state index in [1.807, 2.05) is 24.3 Å². The van der Waals surface area contributed by atoms with E-state index in [9.17, 15) is 10.1 Å². The smallest absolute Gasteiger partial charge is 0.276 e. The lowest BCUT2D eigenvalue weighted by Crippen LogP contribution is -2.02. The van der Waals surface area contributed by atoms with Crippen molar-refractivity contribution >= 4 is 6.08 Å². The van der Waals surface area contributed by atoms with Crippen molar-refractivity contribution in [2.75, 3.05) is 0 Å². The fraction of sp³-hybridized carbons (Fsp3) is 0.0667. The molecule has 0 unspecified atom stereocenters. The molecule has 0 aliphatic carbocycles. The standard InChI is InChI=1S/C15H13NO3/c17-16(18)19-15-11-9-14(10-12-15)8-4-7-13-5-2-1-3-6-13/h1-6,8-12H,7H2/b8-4+. The molecular weight excluding hydrogens is 242 g/mol. The zero-order valence-corrected chi connectivity index (χ0v) is 10.2. The second-order valence-electron chi connectivity index (χ2n) is 3.98. The van der Waals surface area contributed by atoms with Crippen LogP contribution in [0.4, 0.5) is 0 Å². The van der Waals surface area contributed by atoms with Crippen LogP contribution in [0.25, 0.3) is 6.08 Å². The van der Waals surface area contributed by atoms with Crippen molar-refractivity contribution in [3.05, 3.63) is 81.9 Å². The summed E-state index contributed by atoms with van der Waals surface area (Å²) in [6.45, 7) is 0. The summed E-state index contributed by atoms with van der Waals surface area (Å²) in [5, 5.41) is 9.33. The monoisotopic (exact) mass is 255 g/mol. The van der Waals surface area contributed by atoms with E-state index in [2.05, 4.69) is 23.0 Å². The van der Waals surface area contributed by atoms with Crippen LogP contribution in [0, 0.1) is 10.1 Å². The molecular formula is C15H13NO3. The summed E-state index contributed by atoms with van der Waals surface area (Å²) in [4.78, 5) is 14.5. The molecule has 2 rings (SSSR count). The molecule has 0 aliphatic rings. The molecule has 0 bridgehead atoms. The van der Waals surface area contributed by atoms with Gasteiger partial charge in [0.25, 0.3) is 5.09 Å². The van der Waals surface area contributed by atoms with Crippen molar-refractivity contribution in [2.24, 2.45) is 0 Å². The Bertz CT molecular complexity index is 562. The van der Waals surface area contributed by atoms with E-state index in [1.165, 1.54) is 5.56 Å². The summed E-state index contributed by atoms with van der Waals surface area (Å²) in [6.07, 6.45) is 4.88. The maximum absolute atomic E-state index is 10.2. The average molecular weight is 255 g/mol. The highest BCUT2D eigenvalue weighted by Gasteiger charge is 1.97. The van der Waals surface area contributed by atoms with Crippen molar-refractivity contribution in [1.29, 1.82) is 0 Å². The van der Waals surface area contributed by atoms with Crippen LogP contribution in [0.2, 0.25) is 0 Å². The molecule has 19 heavy (non-hydrogen) atoms. The Labute approximate surface area is 111 Å². The SMILES string of the molecule is O=[N+]([O-])Oc1ccc(/C=C/Cc2ccccc2)cc1. The second-order valence-corrected chi connectivity index (χ2v) is 3.98. The van der Waals surface area contributed by atoms with Crippen LogP contribution in [0.5, 0.6) is 5.75 Å². The minimum absolute atomic E-state index is 0.227. The Balaban J connectivity index is 1.94. The highest BCUT2D eigenvalue weighted by atomic mass is 17.0. The predicted molar refractivity (Wildman–Crippen MR) is 73.2 cm³/mol. The normalized spacial score (nSPS) is 10.5. The fourth-order valence-electron chi connectivity index (χ4n) is 1.67. The third-order valence-electron chi connectivity index (χ3n) is 2.57. The molecule has 0 saturated heterocycles. The van der Waals surface area contributed by atoms with Crippen LogP contribution >= 0.6 is 0 Å². The first kappa shape index (κ1) is 12.8. The van der Waals surface area contributed by atoms with Crippen LogP contribution in [0.15, 0.2) is 60.7 Å². The number of rotatable bonds is 5. The number of benzene rings is 2. The molecule has 96 valence electrons. The third kappa shape index (κ3) is 4.27. The van der Waals surface area contributed by atoms with Crippen LogP contribution < -0.4 is 4.84 Å². The Kier molecular flexibility index (Phi) is 4.29. The Morgan fingerprint density at radius 1 is 1.05 bits per heavy atom. The van der Waals surface area contributed by atoms with Gasteiger partial charge in [-0.2, -0.15) is 0 Å². The van der Waals surface area contributed by atoms with Crippen molar-refractivity contribution in [1.82, 2.24) is 0 Å². The summed E-state index contributed by atoms with van der Waals surface area (Å²) in [7, 11) is 0. The van der Waals surface area contributed by atoms with E-state index in [0.717, 1.165) is 12.0 Å². The minimum atomic E-state index is -0.819. The number of hydrogen-bond donors (Lipinski definition) is 0. The lowest BCUT2D eigenvalue weighted by atomic mass is 10.1. The fourth-order valence-corrected chi connectivity index (χ4v) is 1.67. The van der Waals surface area contributed by atoms with Gasteiger partial charge < -0.3 is 0 Å². The molecule has 0 N–H and O–H groups in total. The van der Waals surface area contributed by atoms with Gasteiger partial charge in [-0.3, -0.25) is 4.84 Å². The van der Waals surface area contributed by atoms with Crippen LogP contribution in [0.1, 0.15) is 11.1 Å². The minimum Gasteiger partial charge on any atom is -0.276 e. The van der Waals surface area contributed by atoms with E-state index in [4.69, 9.17) is 0 Å².